The Balaban J connectivity index is 1.22. The molecule has 0 saturated heterocycles. The number of nitrogens with zero attached hydrogens (tertiary/aromatic N) is 2. The number of carbonyl (C=O) groups is 1. The maximum absolute atomic E-state index is 13.9. The standard InChI is InChI=1S/C47H56IN2O2S2/c1-10-12-13-14-15-16-25-50-42(37-23-24-38(54-37)46(6,7)8)40-39(44(50)52)41(49-43(40)51)36-22-18-30(28-53-36)29-17-20-32-33-21-19-31(45(3,4)5)27-35(33)47(9,48-11-2)34(32)26-29/h17-24,26-27,52H,10-16,25,28H2,1-9H3/q-1. The molecule has 1 atom stereocenters. The van der Waals surface area contributed by atoms with Crippen molar-refractivity contribution in [3.05, 3.63) is 104 Å². The molecule has 2 aromatic carbocycles. The second-order valence-corrected chi connectivity index (χ2v) is 23.8. The van der Waals surface area contributed by atoms with Crippen LogP contribution < -0.4 is 21.2 Å². The Labute approximate surface area is 341 Å². The van der Waals surface area contributed by atoms with Crippen LogP contribution in [-0.2, 0) is 20.8 Å². The second-order valence-electron chi connectivity index (χ2n) is 17.2. The molecular weight excluding hydrogens is 816 g/mol. The number of benzene rings is 2. The normalized spacial score (nSPS) is 18.1. The van der Waals surface area contributed by atoms with E-state index in [0.29, 0.717) is 23.4 Å². The topological polar surface area (TPSA) is 54.6 Å². The number of aromatic hydroxyl groups is 1. The summed E-state index contributed by atoms with van der Waals surface area (Å²) in [5.41, 5.74) is 12.4. The molecule has 2 aromatic heterocycles. The predicted molar refractivity (Wildman–Crippen MR) is 228 cm³/mol. The first-order valence-electron chi connectivity index (χ1n) is 19.8. The SMILES string of the molecule is CCCCCCCCn1c(O)c2c(c1-c1ccc(C(C)(C)C)s1)C(=O)N=C2C1=CC=C(c2ccc3c(c2)C(C)([I-]CC)c2cc(C(C)(C)C)ccc2-3)CS1. The van der Waals surface area contributed by atoms with E-state index in [1.54, 1.807) is 23.1 Å². The zero-order chi connectivity index (χ0) is 38.6. The van der Waals surface area contributed by atoms with Gasteiger partial charge in [-0.15, -0.1) is 11.3 Å². The molecular formula is C47H56IN2O2S2-. The van der Waals surface area contributed by atoms with Crippen LogP contribution in [0.4, 0.5) is 0 Å². The maximum atomic E-state index is 13.9. The van der Waals surface area contributed by atoms with Crippen LogP contribution in [0, 0.1) is 0 Å². The van der Waals surface area contributed by atoms with Gasteiger partial charge in [0.1, 0.15) is 0 Å². The molecule has 0 bridgehead atoms. The van der Waals surface area contributed by atoms with Crippen LogP contribution in [0.2, 0.25) is 0 Å². The Morgan fingerprint density at radius 1 is 0.852 bits per heavy atom. The number of hydrogen-bond donors (Lipinski definition) is 1. The molecule has 4 aromatic rings. The van der Waals surface area contributed by atoms with Gasteiger partial charge in [-0.05, 0) is 24.0 Å². The Morgan fingerprint density at radius 2 is 1.56 bits per heavy atom. The molecule has 7 rings (SSSR count). The van der Waals surface area contributed by atoms with Gasteiger partial charge in [-0.25, -0.2) is 0 Å². The van der Waals surface area contributed by atoms with Gasteiger partial charge >= 0.3 is 233 Å². The molecule has 0 radical (unpaired) electrons. The van der Waals surface area contributed by atoms with Crippen molar-refractivity contribution >= 4 is 40.3 Å². The molecule has 286 valence electrons. The van der Waals surface area contributed by atoms with Crippen molar-refractivity contribution in [2.75, 3.05) is 10.2 Å². The van der Waals surface area contributed by atoms with Crippen LogP contribution in [0.3, 0.4) is 0 Å². The number of amides is 1. The zero-order valence-electron chi connectivity index (χ0n) is 33.6. The van der Waals surface area contributed by atoms with Crippen LogP contribution in [0.5, 0.6) is 5.88 Å². The average Bonchev–Trinajstić information content (AvgIpc) is 3.88. The molecule has 1 unspecified atom stereocenters. The third kappa shape index (κ3) is 7.15. The summed E-state index contributed by atoms with van der Waals surface area (Å²) in [6.45, 7) is 21.3. The number of aromatic nitrogens is 1. The fourth-order valence-electron chi connectivity index (χ4n) is 8.14. The third-order valence-corrected chi connectivity index (χ3v) is 17.3. The summed E-state index contributed by atoms with van der Waals surface area (Å²) in [5.74, 6) is 0.700. The molecule has 1 N–H and O–H groups in total. The van der Waals surface area contributed by atoms with Gasteiger partial charge in [0.05, 0.1) is 4.88 Å². The molecule has 54 heavy (non-hydrogen) atoms. The number of unbranched alkanes of at least 4 members (excludes halogenated alkanes) is 5. The minimum absolute atomic E-state index is 0.00114. The van der Waals surface area contributed by atoms with Crippen molar-refractivity contribution in [1.82, 2.24) is 4.57 Å². The number of carbonyl (C=O) groups excluding carboxylic acids is 1. The molecule has 0 saturated carbocycles. The van der Waals surface area contributed by atoms with E-state index in [9.17, 15) is 9.90 Å². The van der Waals surface area contributed by atoms with Crippen LogP contribution in [0.15, 0.2) is 70.6 Å². The van der Waals surface area contributed by atoms with Crippen molar-refractivity contribution in [2.24, 2.45) is 4.99 Å². The number of alkyl halides is 2. The second kappa shape index (κ2) is 15.2. The van der Waals surface area contributed by atoms with Crippen molar-refractivity contribution in [3.8, 4) is 27.6 Å². The van der Waals surface area contributed by atoms with Crippen molar-refractivity contribution in [1.29, 1.82) is 0 Å². The fraction of sp³-hybridized carbons (Fsp3) is 0.447. The summed E-state index contributed by atoms with van der Waals surface area (Å²) in [6.07, 6.45) is 11.3. The van der Waals surface area contributed by atoms with E-state index < -0.39 is 0 Å². The van der Waals surface area contributed by atoms with Gasteiger partial charge in [0, 0.05) is 11.4 Å². The summed E-state index contributed by atoms with van der Waals surface area (Å²) >= 11 is 3.33. The van der Waals surface area contributed by atoms with E-state index in [0.717, 1.165) is 34.1 Å². The van der Waals surface area contributed by atoms with Crippen molar-refractivity contribution in [2.45, 2.75) is 122 Å². The van der Waals surface area contributed by atoms with Crippen LogP contribution in [-0.4, -0.2) is 31.5 Å². The van der Waals surface area contributed by atoms with Gasteiger partial charge in [0.25, 0.3) is 0 Å². The Hall–Kier alpha value is -2.88. The summed E-state index contributed by atoms with van der Waals surface area (Å²) in [7, 11) is 0. The quantitative estimate of drug-likeness (QED) is 0.0877. The molecule has 4 heterocycles. The molecule has 0 fully saturated rings. The van der Waals surface area contributed by atoms with E-state index in [4.69, 9.17) is 0 Å². The Bertz CT molecular complexity index is 2200. The van der Waals surface area contributed by atoms with Gasteiger partial charge in [-0.2, -0.15) is 0 Å². The molecule has 3 aliphatic rings. The Kier molecular flexibility index (Phi) is 11.1. The number of allylic oxidation sites excluding steroid dienone is 3. The molecule has 1 amide bonds. The number of halogens is 1. The number of hydrogen-bond acceptors (Lipinski definition) is 4. The molecule has 2 aliphatic heterocycles. The first-order chi connectivity index (χ1) is 25.7. The summed E-state index contributed by atoms with van der Waals surface area (Å²) in [6, 6.07) is 18.6. The summed E-state index contributed by atoms with van der Waals surface area (Å²) < 4.78 is 3.31. The van der Waals surface area contributed by atoms with Gasteiger partial charge in [0.15, 0.2) is 0 Å². The molecule has 0 spiro atoms. The summed E-state index contributed by atoms with van der Waals surface area (Å²) in [5, 5.41) is 12.0. The number of thiophene rings is 1. The Morgan fingerprint density at radius 3 is 2.20 bits per heavy atom. The van der Waals surface area contributed by atoms with Crippen LogP contribution >= 0.6 is 23.1 Å². The van der Waals surface area contributed by atoms with Crippen LogP contribution in [0.25, 0.3) is 27.3 Å². The van der Waals surface area contributed by atoms with E-state index in [1.165, 1.54) is 73.9 Å². The van der Waals surface area contributed by atoms with E-state index >= 15 is 0 Å². The third-order valence-electron chi connectivity index (χ3n) is 11.2. The molecule has 1 aliphatic carbocycles. The first kappa shape index (κ1) is 39.4. The van der Waals surface area contributed by atoms with Gasteiger partial charge in [0.2, 0.25) is 0 Å². The number of aliphatic imine (C=N–C) groups is 1. The van der Waals surface area contributed by atoms with E-state index in [1.807, 2.05) is 4.57 Å². The first-order valence-corrected chi connectivity index (χ1v) is 24.2. The monoisotopic (exact) mass is 871 g/mol. The molecule has 7 heteroatoms. The zero-order valence-corrected chi connectivity index (χ0v) is 37.4. The molecule has 4 nitrogen and oxygen atoms in total. The predicted octanol–water partition coefficient (Wildman–Crippen LogP) is 9.89. The van der Waals surface area contributed by atoms with Gasteiger partial charge in [-0.1, -0.05) is 59.8 Å². The van der Waals surface area contributed by atoms with E-state index in [-0.39, 0.29) is 47.2 Å². The number of fused-ring (bicyclic) bond motifs is 4. The number of thioether (sulfide) groups is 1. The van der Waals surface area contributed by atoms with Crippen molar-refractivity contribution in [3.63, 3.8) is 0 Å². The van der Waals surface area contributed by atoms with E-state index in [2.05, 4.69) is 128 Å². The van der Waals surface area contributed by atoms with Crippen molar-refractivity contribution < 1.29 is 31.1 Å². The van der Waals surface area contributed by atoms with Gasteiger partial charge < -0.3 is 0 Å². The van der Waals surface area contributed by atoms with Gasteiger partial charge in [-0.3, -0.25) is 0 Å². The average molecular weight is 872 g/mol. The fourth-order valence-corrected chi connectivity index (χ4v) is 13.5. The summed E-state index contributed by atoms with van der Waals surface area (Å²) in [4.78, 5) is 21.7. The number of rotatable bonds is 12. The van der Waals surface area contributed by atoms with Crippen LogP contribution in [0.1, 0.15) is 144 Å². The minimum atomic E-state index is -0.250.